The van der Waals surface area contributed by atoms with Gasteiger partial charge in [-0.15, -0.1) is 0 Å². The molecule has 1 unspecified atom stereocenters. The van der Waals surface area contributed by atoms with Crippen molar-refractivity contribution in [2.45, 2.75) is 32.7 Å². The second-order valence-corrected chi connectivity index (χ2v) is 7.06. The zero-order chi connectivity index (χ0) is 18.5. The number of alkyl halides is 2. The molecule has 2 heterocycles. The largest absolute Gasteiger partial charge is 0.379 e. The zero-order valence-corrected chi connectivity index (χ0v) is 15.3. The van der Waals surface area contributed by atoms with Crippen molar-refractivity contribution in [3.63, 3.8) is 0 Å². The van der Waals surface area contributed by atoms with Gasteiger partial charge in [-0.25, -0.2) is 18.7 Å². The summed E-state index contributed by atoms with van der Waals surface area (Å²) in [4.78, 5) is 10.5. The molecule has 0 saturated carbocycles. The maximum Gasteiger partial charge on any atom is 0.297 e. The highest BCUT2D eigenvalue weighted by atomic mass is 19.3. The molecule has 5 nitrogen and oxygen atoms in total. The molecule has 1 N–H and O–H groups in total. The molecule has 1 aromatic heterocycles. The molecule has 1 aromatic carbocycles. The summed E-state index contributed by atoms with van der Waals surface area (Å²) < 4.78 is 31.8. The fourth-order valence-corrected chi connectivity index (χ4v) is 3.39. The molecule has 1 saturated heterocycles. The third-order valence-electron chi connectivity index (χ3n) is 4.63. The average Bonchev–Trinajstić information content (AvgIpc) is 2.65. The van der Waals surface area contributed by atoms with Crippen molar-refractivity contribution in [2.24, 2.45) is 5.92 Å². The van der Waals surface area contributed by atoms with Crippen LogP contribution >= 0.6 is 0 Å². The summed E-state index contributed by atoms with van der Waals surface area (Å²) in [5.41, 5.74) is 0.534. The first-order valence-corrected chi connectivity index (χ1v) is 9.15. The van der Waals surface area contributed by atoms with Gasteiger partial charge in [-0.3, -0.25) is 4.90 Å². The van der Waals surface area contributed by atoms with E-state index in [1.807, 2.05) is 12.1 Å². The number of fused-ring (bicyclic) bond motifs is 1. The molecule has 3 rings (SSSR count). The Bertz CT molecular complexity index is 720. The van der Waals surface area contributed by atoms with Crippen LogP contribution in [0.15, 0.2) is 24.3 Å². The van der Waals surface area contributed by atoms with E-state index in [2.05, 4.69) is 34.0 Å². The van der Waals surface area contributed by atoms with Gasteiger partial charge in [-0.05, 0) is 24.5 Å². The van der Waals surface area contributed by atoms with Gasteiger partial charge < -0.3 is 10.1 Å². The van der Waals surface area contributed by atoms with Gasteiger partial charge in [0.05, 0.1) is 18.7 Å². The number of aromatic nitrogens is 2. The van der Waals surface area contributed by atoms with Crippen LogP contribution in [0.2, 0.25) is 0 Å². The summed E-state index contributed by atoms with van der Waals surface area (Å²) in [5.74, 6) is 0.592. The molecule has 1 fully saturated rings. The molecule has 0 aliphatic carbocycles. The van der Waals surface area contributed by atoms with Crippen molar-refractivity contribution in [2.75, 3.05) is 38.2 Å². The third kappa shape index (κ3) is 4.65. The maximum atomic E-state index is 13.2. The highest BCUT2D eigenvalue weighted by molar-refractivity contribution is 5.89. The van der Waals surface area contributed by atoms with Gasteiger partial charge in [-0.1, -0.05) is 26.0 Å². The van der Waals surface area contributed by atoms with Gasteiger partial charge in [0.15, 0.2) is 5.82 Å². The maximum absolute atomic E-state index is 13.2. The fourth-order valence-electron chi connectivity index (χ4n) is 3.39. The number of anilines is 1. The van der Waals surface area contributed by atoms with E-state index in [1.54, 1.807) is 12.1 Å². The van der Waals surface area contributed by atoms with E-state index >= 15 is 0 Å². The standard InChI is InChI=1S/C19H26F2N4O/c1-13(2)11-14(25-7-9-26-10-8-25)12-22-18-15-5-3-4-6-16(15)23-19(24-18)17(20)21/h3-6,13-14,17H,7-12H2,1-2H3,(H,22,23,24). The van der Waals surface area contributed by atoms with Crippen LogP contribution in [-0.2, 0) is 4.74 Å². The minimum atomic E-state index is -2.69. The summed E-state index contributed by atoms with van der Waals surface area (Å²) in [6.07, 6.45) is -1.66. The molecular formula is C19H26F2N4O. The van der Waals surface area contributed by atoms with E-state index in [-0.39, 0.29) is 0 Å². The molecule has 1 aliphatic heterocycles. The number of hydrogen-bond acceptors (Lipinski definition) is 5. The molecule has 0 radical (unpaired) electrons. The first kappa shape index (κ1) is 18.9. The number of nitrogens with one attached hydrogen (secondary N) is 1. The lowest BCUT2D eigenvalue weighted by Gasteiger charge is -2.35. The number of halogens is 2. The van der Waals surface area contributed by atoms with Gasteiger partial charge >= 0.3 is 0 Å². The van der Waals surface area contributed by atoms with Crippen molar-refractivity contribution in [3.05, 3.63) is 30.1 Å². The second-order valence-electron chi connectivity index (χ2n) is 7.06. The van der Waals surface area contributed by atoms with E-state index in [0.717, 1.165) is 38.1 Å². The van der Waals surface area contributed by atoms with Crippen molar-refractivity contribution in [3.8, 4) is 0 Å². The van der Waals surface area contributed by atoms with Crippen LogP contribution in [0.5, 0.6) is 0 Å². The molecule has 2 aromatic rings. The number of benzene rings is 1. The highest BCUT2D eigenvalue weighted by Gasteiger charge is 2.23. The Morgan fingerprint density at radius 2 is 1.88 bits per heavy atom. The van der Waals surface area contributed by atoms with Crippen LogP contribution in [0.3, 0.4) is 0 Å². The lowest BCUT2D eigenvalue weighted by molar-refractivity contribution is 0.0150. The van der Waals surface area contributed by atoms with Crippen LogP contribution < -0.4 is 5.32 Å². The smallest absolute Gasteiger partial charge is 0.297 e. The van der Waals surface area contributed by atoms with E-state index in [0.29, 0.717) is 29.8 Å². The molecule has 26 heavy (non-hydrogen) atoms. The normalized spacial score (nSPS) is 17.2. The van der Waals surface area contributed by atoms with Gasteiger partial charge in [-0.2, -0.15) is 0 Å². The number of rotatable bonds is 7. The van der Waals surface area contributed by atoms with E-state index in [1.165, 1.54) is 0 Å². The summed E-state index contributed by atoms with van der Waals surface area (Å²) in [7, 11) is 0. The van der Waals surface area contributed by atoms with Gasteiger partial charge in [0.25, 0.3) is 6.43 Å². The van der Waals surface area contributed by atoms with Crippen molar-refractivity contribution >= 4 is 16.7 Å². The van der Waals surface area contributed by atoms with Crippen LogP contribution in [0, 0.1) is 5.92 Å². The predicted molar refractivity (Wildman–Crippen MR) is 98.6 cm³/mol. The average molecular weight is 364 g/mol. The molecule has 0 bridgehead atoms. The van der Waals surface area contributed by atoms with Crippen LogP contribution in [-0.4, -0.2) is 53.8 Å². The lowest BCUT2D eigenvalue weighted by atomic mass is 10.0. The SMILES string of the molecule is CC(C)CC(CNc1nc(C(F)F)nc2ccccc12)N1CCOCC1. The Morgan fingerprint density at radius 3 is 2.58 bits per heavy atom. The molecule has 0 spiro atoms. The quantitative estimate of drug-likeness (QED) is 0.811. The van der Waals surface area contributed by atoms with Crippen LogP contribution in [0.1, 0.15) is 32.5 Å². The minimum absolute atomic E-state index is 0.308. The van der Waals surface area contributed by atoms with Crippen molar-refractivity contribution in [1.29, 1.82) is 0 Å². The molecule has 7 heteroatoms. The lowest BCUT2D eigenvalue weighted by Crippen LogP contribution is -2.47. The second kappa shape index (κ2) is 8.68. The molecule has 142 valence electrons. The van der Waals surface area contributed by atoms with Gasteiger partial charge in [0.1, 0.15) is 5.82 Å². The Morgan fingerprint density at radius 1 is 1.15 bits per heavy atom. The zero-order valence-electron chi connectivity index (χ0n) is 15.3. The van der Waals surface area contributed by atoms with E-state index in [9.17, 15) is 8.78 Å². The Hall–Kier alpha value is -1.86. The highest BCUT2D eigenvalue weighted by Crippen LogP contribution is 2.25. The Labute approximate surface area is 152 Å². The summed E-state index contributed by atoms with van der Waals surface area (Å²) in [6, 6.07) is 7.57. The third-order valence-corrected chi connectivity index (χ3v) is 4.63. The molecule has 1 atom stereocenters. The number of morpholine rings is 1. The van der Waals surface area contributed by atoms with Crippen LogP contribution in [0.4, 0.5) is 14.6 Å². The molecule has 0 amide bonds. The summed E-state index contributed by atoms with van der Waals surface area (Å²) in [5, 5.41) is 4.08. The Kier molecular flexibility index (Phi) is 6.32. The monoisotopic (exact) mass is 364 g/mol. The van der Waals surface area contributed by atoms with Gasteiger partial charge in [0.2, 0.25) is 0 Å². The summed E-state index contributed by atoms with van der Waals surface area (Å²) >= 11 is 0. The number of hydrogen-bond donors (Lipinski definition) is 1. The van der Waals surface area contributed by atoms with Crippen LogP contribution in [0.25, 0.3) is 10.9 Å². The van der Waals surface area contributed by atoms with Crippen molar-refractivity contribution < 1.29 is 13.5 Å². The Balaban J connectivity index is 1.81. The predicted octanol–water partition coefficient (Wildman–Crippen LogP) is 3.73. The van der Waals surface area contributed by atoms with E-state index in [4.69, 9.17) is 4.74 Å². The number of ether oxygens (including phenoxy) is 1. The number of para-hydroxylation sites is 1. The van der Waals surface area contributed by atoms with Crippen molar-refractivity contribution in [1.82, 2.24) is 14.9 Å². The van der Waals surface area contributed by atoms with Gasteiger partial charge in [0, 0.05) is 31.1 Å². The minimum Gasteiger partial charge on any atom is -0.379 e. The fraction of sp³-hybridized carbons (Fsp3) is 0.579. The number of nitrogens with zero attached hydrogens (tertiary/aromatic N) is 3. The molecule has 1 aliphatic rings. The first-order chi connectivity index (χ1) is 12.5. The first-order valence-electron chi connectivity index (χ1n) is 9.15. The van der Waals surface area contributed by atoms with E-state index < -0.39 is 12.2 Å². The molecular weight excluding hydrogens is 338 g/mol. The topological polar surface area (TPSA) is 50.3 Å². The summed E-state index contributed by atoms with van der Waals surface area (Å²) in [6.45, 7) is 8.31.